The van der Waals surface area contributed by atoms with Crippen molar-refractivity contribution in [3.05, 3.63) is 24.0 Å². The van der Waals surface area contributed by atoms with Gasteiger partial charge in [0.15, 0.2) is 0 Å². The Kier molecular flexibility index (Phi) is 4.93. The average molecular weight is 302 g/mol. The van der Waals surface area contributed by atoms with Gasteiger partial charge in [-0.1, -0.05) is 12.8 Å². The van der Waals surface area contributed by atoms with Gasteiger partial charge in [-0.15, -0.1) is 0 Å². The molecule has 120 valence electrons. The molecule has 0 aliphatic carbocycles. The molecular weight excluding hydrogens is 276 g/mol. The Hall–Kier alpha value is -1.62. The van der Waals surface area contributed by atoms with Crippen LogP contribution in [0.5, 0.6) is 0 Å². The summed E-state index contributed by atoms with van der Waals surface area (Å²) in [5.41, 5.74) is 7.84. The minimum atomic E-state index is 0.0655. The van der Waals surface area contributed by atoms with Gasteiger partial charge in [-0.25, -0.2) is 0 Å². The van der Waals surface area contributed by atoms with Crippen molar-refractivity contribution in [2.45, 2.75) is 44.6 Å². The maximum absolute atomic E-state index is 12.5. The molecule has 3 heterocycles. The smallest absolute Gasteiger partial charge is 0.272 e. The van der Waals surface area contributed by atoms with Crippen molar-refractivity contribution in [3.63, 3.8) is 0 Å². The number of hydrogen-bond acceptors (Lipinski definition) is 4. The maximum atomic E-state index is 12.5. The van der Waals surface area contributed by atoms with Crippen LogP contribution in [0, 0.1) is 0 Å². The summed E-state index contributed by atoms with van der Waals surface area (Å²) in [4.78, 5) is 21.0. The SMILES string of the molecule is NC1CCCCCN(c2ccnc(C(=O)N3CCCC3)c2)C1. The van der Waals surface area contributed by atoms with E-state index in [0.717, 1.165) is 51.1 Å². The van der Waals surface area contributed by atoms with Crippen molar-refractivity contribution in [1.29, 1.82) is 0 Å². The molecule has 2 aliphatic rings. The standard InChI is InChI=1S/C17H26N4O/c18-14-6-2-1-3-11-21(13-14)15-7-8-19-16(12-15)17(22)20-9-4-5-10-20/h7-8,12,14H,1-6,9-11,13,18H2. The van der Waals surface area contributed by atoms with Crippen LogP contribution < -0.4 is 10.6 Å². The van der Waals surface area contributed by atoms with Crippen LogP contribution >= 0.6 is 0 Å². The number of likely N-dealkylation sites (tertiary alicyclic amines) is 1. The molecule has 5 heteroatoms. The Morgan fingerprint density at radius 1 is 1.14 bits per heavy atom. The Morgan fingerprint density at radius 3 is 2.73 bits per heavy atom. The van der Waals surface area contributed by atoms with Crippen molar-refractivity contribution < 1.29 is 4.79 Å². The monoisotopic (exact) mass is 302 g/mol. The second-order valence-electron chi connectivity index (χ2n) is 6.45. The van der Waals surface area contributed by atoms with Gasteiger partial charge in [-0.05, 0) is 37.8 Å². The Bertz CT molecular complexity index is 513. The summed E-state index contributed by atoms with van der Waals surface area (Å²) in [5.74, 6) is 0.0655. The normalized spacial score (nSPS) is 23.2. The summed E-state index contributed by atoms with van der Waals surface area (Å²) in [6.07, 6.45) is 8.69. The van der Waals surface area contributed by atoms with E-state index in [1.165, 1.54) is 19.3 Å². The van der Waals surface area contributed by atoms with Gasteiger partial charge in [-0.3, -0.25) is 9.78 Å². The maximum Gasteiger partial charge on any atom is 0.272 e. The molecule has 0 saturated carbocycles. The molecule has 0 bridgehead atoms. The van der Waals surface area contributed by atoms with Gasteiger partial charge in [0.1, 0.15) is 5.69 Å². The molecule has 0 spiro atoms. The lowest BCUT2D eigenvalue weighted by Crippen LogP contribution is -2.39. The number of amides is 1. The number of nitrogens with two attached hydrogens (primary N) is 1. The summed E-state index contributed by atoms with van der Waals surface area (Å²) in [6.45, 7) is 3.59. The lowest BCUT2D eigenvalue weighted by Gasteiger charge is -2.30. The molecule has 3 rings (SSSR count). The van der Waals surface area contributed by atoms with E-state index in [0.29, 0.717) is 5.69 Å². The predicted molar refractivity (Wildman–Crippen MR) is 88.0 cm³/mol. The first-order valence-electron chi connectivity index (χ1n) is 8.50. The molecule has 1 aromatic heterocycles. The fourth-order valence-corrected chi connectivity index (χ4v) is 3.40. The van der Waals surface area contributed by atoms with Gasteiger partial charge in [0.2, 0.25) is 0 Å². The van der Waals surface area contributed by atoms with Crippen LogP contribution in [-0.4, -0.2) is 48.0 Å². The fraction of sp³-hybridized carbons (Fsp3) is 0.647. The molecule has 1 amide bonds. The molecular formula is C17H26N4O. The minimum Gasteiger partial charge on any atom is -0.370 e. The highest BCUT2D eigenvalue weighted by atomic mass is 16.2. The van der Waals surface area contributed by atoms with E-state index in [1.54, 1.807) is 6.20 Å². The molecule has 2 aliphatic heterocycles. The lowest BCUT2D eigenvalue weighted by atomic mass is 10.0. The van der Waals surface area contributed by atoms with Crippen molar-refractivity contribution in [2.24, 2.45) is 5.73 Å². The van der Waals surface area contributed by atoms with Crippen LogP contribution in [0.15, 0.2) is 18.3 Å². The highest BCUT2D eigenvalue weighted by Gasteiger charge is 2.22. The summed E-state index contributed by atoms with van der Waals surface area (Å²) in [6, 6.07) is 4.15. The van der Waals surface area contributed by atoms with Gasteiger partial charge in [0.05, 0.1) is 0 Å². The number of carbonyl (C=O) groups excluding carboxylic acids is 1. The number of rotatable bonds is 2. The van der Waals surface area contributed by atoms with Crippen LogP contribution in [0.2, 0.25) is 0 Å². The van der Waals surface area contributed by atoms with E-state index in [2.05, 4.69) is 9.88 Å². The molecule has 1 atom stereocenters. The predicted octanol–water partition coefficient (Wildman–Crippen LogP) is 2.03. The minimum absolute atomic E-state index is 0.0655. The van der Waals surface area contributed by atoms with Crippen molar-refractivity contribution in [3.8, 4) is 0 Å². The van der Waals surface area contributed by atoms with Crippen LogP contribution in [-0.2, 0) is 0 Å². The topological polar surface area (TPSA) is 62.5 Å². The van der Waals surface area contributed by atoms with Gasteiger partial charge < -0.3 is 15.5 Å². The number of nitrogens with zero attached hydrogens (tertiary/aromatic N) is 3. The van der Waals surface area contributed by atoms with Gasteiger partial charge in [0, 0.05) is 44.1 Å². The van der Waals surface area contributed by atoms with Crippen molar-refractivity contribution in [2.75, 3.05) is 31.1 Å². The first kappa shape index (κ1) is 15.3. The molecule has 2 saturated heterocycles. The highest BCUT2D eigenvalue weighted by Crippen LogP contribution is 2.20. The zero-order chi connectivity index (χ0) is 15.4. The van der Waals surface area contributed by atoms with E-state index in [9.17, 15) is 4.79 Å². The third-order valence-corrected chi connectivity index (χ3v) is 4.68. The molecule has 2 N–H and O–H groups in total. The Labute approximate surface area is 132 Å². The number of aromatic nitrogens is 1. The summed E-state index contributed by atoms with van der Waals surface area (Å²) < 4.78 is 0. The Morgan fingerprint density at radius 2 is 1.91 bits per heavy atom. The third-order valence-electron chi connectivity index (χ3n) is 4.68. The van der Waals surface area contributed by atoms with Crippen LogP contribution in [0.25, 0.3) is 0 Å². The molecule has 1 unspecified atom stereocenters. The van der Waals surface area contributed by atoms with E-state index in [-0.39, 0.29) is 11.9 Å². The third kappa shape index (κ3) is 3.58. The second kappa shape index (κ2) is 7.09. The molecule has 0 aromatic carbocycles. The zero-order valence-electron chi connectivity index (χ0n) is 13.2. The number of anilines is 1. The van der Waals surface area contributed by atoms with Crippen molar-refractivity contribution >= 4 is 11.6 Å². The molecule has 22 heavy (non-hydrogen) atoms. The Balaban J connectivity index is 1.75. The number of carbonyl (C=O) groups is 1. The largest absolute Gasteiger partial charge is 0.370 e. The fourth-order valence-electron chi connectivity index (χ4n) is 3.40. The van der Waals surface area contributed by atoms with E-state index in [4.69, 9.17) is 5.73 Å². The first-order chi connectivity index (χ1) is 10.7. The van der Waals surface area contributed by atoms with E-state index in [1.807, 2.05) is 17.0 Å². The van der Waals surface area contributed by atoms with Gasteiger partial charge in [-0.2, -0.15) is 0 Å². The lowest BCUT2D eigenvalue weighted by molar-refractivity contribution is 0.0787. The van der Waals surface area contributed by atoms with E-state index < -0.39 is 0 Å². The van der Waals surface area contributed by atoms with Crippen molar-refractivity contribution in [1.82, 2.24) is 9.88 Å². The zero-order valence-corrected chi connectivity index (χ0v) is 13.2. The quantitative estimate of drug-likeness (QED) is 0.908. The second-order valence-corrected chi connectivity index (χ2v) is 6.45. The number of hydrogen-bond donors (Lipinski definition) is 1. The van der Waals surface area contributed by atoms with Crippen LogP contribution in [0.3, 0.4) is 0 Å². The highest BCUT2D eigenvalue weighted by molar-refractivity contribution is 5.93. The molecule has 0 radical (unpaired) electrons. The average Bonchev–Trinajstić information content (AvgIpc) is 3.04. The molecule has 5 nitrogen and oxygen atoms in total. The summed E-state index contributed by atoms with van der Waals surface area (Å²) in [7, 11) is 0. The van der Waals surface area contributed by atoms with E-state index >= 15 is 0 Å². The molecule has 1 aromatic rings. The summed E-state index contributed by atoms with van der Waals surface area (Å²) in [5, 5.41) is 0. The first-order valence-corrected chi connectivity index (χ1v) is 8.50. The summed E-state index contributed by atoms with van der Waals surface area (Å²) >= 11 is 0. The molecule has 2 fully saturated rings. The van der Waals surface area contributed by atoms with Crippen LogP contribution in [0.1, 0.15) is 49.0 Å². The van der Waals surface area contributed by atoms with Gasteiger partial charge in [0.25, 0.3) is 5.91 Å². The van der Waals surface area contributed by atoms with Crippen LogP contribution in [0.4, 0.5) is 5.69 Å². The van der Waals surface area contributed by atoms with Gasteiger partial charge >= 0.3 is 0 Å². The number of pyridine rings is 1.